The van der Waals surface area contributed by atoms with Crippen molar-refractivity contribution < 1.29 is 38.4 Å². The third kappa shape index (κ3) is 5.53. The van der Waals surface area contributed by atoms with Crippen molar-refractivity contribution in [2.45, 2.75) is 78.6 Å². The Kier molecular flexibility index (Phi) is 4.22. The van der Waals surface area contributed by atoms with Gasteiger partial charge >= 0.3 is 0 Å². The molecule has 0 saturated heterocycles. The first-order chi connectivity index (χ1) is 44.9. The van der Waals surface area contributed by atoms with Gasteiger partial charge in [0.05, 0.1) is 83.2 Å². The highest BCUT2D eigenvalue weighted by Crippen LogP contribution is 2.53. The minimum Gasteiger partial charge on any atom is -0.311 e. The zero-order valence-corrected chi connectivity index (χ0v) is 38.9. The lowest BCUT2D eigenvalue weighted by Gasteiger charge is -2.47. The van der Waals surface area contributed by atoms with Crippen LogP contribution in [0.3, 0.4) is 0 Å². The fourth-order valence-corrected chi connectivity index (χ4v) is 10.0. The Balaban J connectivity index is 1.31. The molecule has 0 atom stereocenters. The van der Waals surface area contributed by atoms with Crippen molar-refractivity contribution in [3.05, 3.63) is 186 Å². The summed E-state index contributed by atoms with van der Waals surface area (Å²) in [6.07, 6.45) is 0. The molecular formula is C64H55BN4. The van der Waals surface area contributed by atoms with Gasteiger partial charge in [-0.2, -0.15) is 0 Å². The van der Waals surface area contributed by atoms with Gasteiger partial charge in [-0.3, -0.25) is 0 Å². The molecule has 0 fully saturated rings. The molecule has 0 radical (unpaired) electrons. The molecule has 5 heterocycles. The van der Waals surface area contributed by atoms with Crippen LogP contribution in [0, 0.1) is 0 Å². The Bertz CT molecular complexity index is 5620. The minimum atomic E-state index is -1.97. The number of hydrogen-bond donors (Lipinski definition) is 0. The molecule has 0 bridgehead atoms. The second-order valence-electron chi connectivity index (χ2n) is 20.8. The van der Waals surface area contributed by atoms with E-state index in [1.54, 1.807) is 62.3 Å². The van der Waals surface area contributed by atoms with E-state index in [1.165, 1.54) is 4.90 Å². The van der Waals surface area contributed by atoms with E-state index in [9.17, 15) is 32.9 Å². The zero-order chi connectivity index (χ0) is 71.4. The van der Waals surface area contributed by atoms with Crippen molar-refractivity contribution in [3.63, 3.8) is 0 Å². The molecule has 0 saturated carbocycles. The maximum absolute atomic E-state index is 11.1. The van der Waals surface area contributed by atoms with Gasteiger partial charge in [0.2, 0.25) is 0 Å². The Morgan fingerprint density at radius 2 is 0.942 bits per heavy atom. The highest BCUT2D eigenvalue weighted by atomic mass is 15.2. The molecule has 334 valence electrons. The van der Waals surface area contributed by atoms with Crippen LogP contribution in [0.2, 0.25) is 0 Å². The lowest BCUT2D eigenvalue weighted by atomic mass is 9.33. The monoisotopic (exact) mass is 919 g/mol. The maximum Gasteiger partial charge on any atom is 0.252 e. The summed E-state index contributed by atoms with van der Waals surface area (Å²) in [6, 6.07) is -21.3. The number of anilines is 6. The van der Waals surface area contributed by atoms with Crippen LogP contribution in [-0.4, -0.2) is 15.8 Å². The van der Waals surface area contributed by atoms with Crippen molar-refractivity contribution in [3.8, 4) is 11.4 Å². The summed E-state index contributed by atoms with van der Waals surface area (Å²) in [4.78, 5) is 2.18. The second kappa shape index (κ2) is 13.6. The molecule has 0 amide bonds. The molecule has 69 heavy (non-hydrogen) atoms. The summed E-state index contributed by atoms with van der Waals surface area (Å²) in [5.41, 5.74) is -10.8. The average molecular weight is 919 g/mol. The number of hydrogen-bond acceptors (Lipinski definition) is 2. The van der Waals surface area contributed by atoms with Gasteiger partial charge in [-0.05, 0) is 127 Å². The van der Waals surface area contributed by atoms with Crippen LogP contribution in [0.1, 0.15) is 117 Å². The molecule has 0 spiro atoms. The molecule has 14 rings (SSSR count). The van der Waals surface area contributed by atoms with Gasteiger partial charge in [0.25, 0.3) is 6.71 Å². The predicted octanol–water partition coefficient (Wildman–Crippen LogP) is 15.3. The molecule has 3 aliphatic rings. The van der Waals surface area contributed by atoms with Gasteiger partial charge in [0, 0.05) is 49.7 Å². The van der Waals surface area contributed by atoms with Gasteiger partial charge in [-0.15, -0.1) is 0 Å². The fraction of sp³-hybridized carbons (Fsp3) is 0.188. The molecule has 11 aromatic rings. The smallest absolute Gasteiger partial charge is 0.252 e. The average Bonchev–Trinajstić information content (AvgIpc) is 1.64. The highest BCUT2D eigenvalue weighted by Gasteiger charge is 2.47. The van der Waals surface area contributed by atoms with Gasteiger partial charge in [-0.25, -0.2) is 0 Å². The minimum absolute atomic E-state index is 0.0288. The van der Waals surface area contributed by atoms with Crippen LogP contribution in [0.25, 0.3) is 65.8 Å². The quantitative estimate of drug-likeness (QED) is 0.161. The summed E-state index contributed by atoms with van der Waals surface area (Å²) in [5.74, 6) is 0. The van der Waals surface area contributed by atoms with E-state index in [0.717, 1.165) is 14.0 Å². The molecule has 9 aromatic carbocycles. The topological polar surface area (TPSA) is 16.3 Å². The molecule has 2 aromatic heterocycles. The summed E-state index contributed by atoms with van der Waals surface area (Å²) in [6.45, 7) is 13.1. The molecule has 4 nitrogen and oxygen atoms in total. The third-order valence-corrected chi connectivity index (χ3v) is 13.3. The van der Waals surface area contributed by atoms with E-state index in [-0.39, 0.29) is 78.2 Å². The van der Waals surface area contributed by atoms with E-state index in [0.29, 0.717) is 0 Å². The number of rotatable bonds is 2. The third-order valence-electron chi connectivity index (χ3n) is 13.3. The summed E-state index contributed by atoms with van der Waals surface area (Å²) >= 11 is 0. The first-order valence-electron chi connectivity index (χ1n) is 36.5. The van der Waals surface area contributed by atoms with Crippen molar-refractivity contribution in [2.24, 2.45) is 0 Å². The molecule has 0 N–H and O–H groups in total. The van der Waals surface area contributed by atoms with Crippen molar-refractivity contribution in [1.29, 1.82) is 0 Å². The largest absolute Gasteiger partial charge is 0.311 e. The Hall–Kier alpha value is -7.50. The van der Waals surface area contributed by atoms with Crippen molar-refractivity contribution in [2.75, 3.05) is 9.80 Å². The summed E-state index contributed by atoms with van der Waals surface area (Å²) < 4.78 is 277. The number of nitrogens with zero attached hydrogens (tertiary/aromatic N) is 4. The van der Waals surface area contributed by atoms with E-state index < -0.39 is 247 Å². The molecule has 0 aliphatic carbocycles. The second-order valence-corrected chi connectivity index (χ2v) is 20.8. The zero-order valence-electron chi connectivity index (χ0n) is 66.9. The van der Waals surface area contributed by atoms with Crippen LogP contribution in [-0.2, 0) is 16.2 Å². The van der Waals surface area contributed by atoms with Gasteiger partial charge in [0.1, 0.15) is 0 Å². The Morgan fingerprint density at radius 3 is 1.65 bits per heavy atom. The van der Waals surface area contributed by atoms with Crippen molar-refractivity contribution in [1.82, 2.24) is 9.13 Å². The number of fused-ring (bicyclic) bond motifs is 13. The normalized spacial score (nSPS) is 19.8. The van der Waals surface area contributed by atoms with Gasteiger partial charge < -0.3 is 18.9 Å². The van der Waals surface area contributed by atoms with Crippen LogP contribution < -0.4 is 26.2 Å². The molecule has 5 heteroatoms. The molecule has 0 unspecified atom stereocenters. The lowest BCUT2D eigenvalue weighted by molar-refractivity contribution is 0.590. The van der Waals surface area contributed by atoms with E-state index in [1.807, 2.05) is 0 Å². The van der Waals surface area contributed by atoms with Gasteiger partial charge in [0.15, 0.2) is 0 Å². The first kappa shape index (κ1) is 21.4. The van der Waals surface area contributed by atoms with E-state index in [4.69, 9.17) is 5.48 Å². The molecule has 3 aliphatic heterocycles. The standard InChI is InChI=1S/C64H55BN4/c1-62(2,3)39-27-31-52-46(33-39)47-34-40(63(4,5)6)28-32-53(47)66(52)42-29-30-48-56(37-42)67(50-24-14-18-38-17-10-11-19-43(38)50)57-35-41(64(7,8)9)36-58-59(57)65(48)49-22-16-26-55-61(49)69(58)54-25-15-21-45-44-20-12-13-23-51(44)68(55)60(45)54/h10-37H,1-9H3/i10D,11D,12D,13D,14D,15D,16D,17D,18D,19D,20D,21D,22D,23D,24D,25D,26D,27D,28D,29D,30D,31D,32D,33D,34D,35D,36D,37D. The highest BCUT2D eigenvalue weighted by molar-refractivity contribution is 7.00. The van der Waals surface area contributed by atoms with Crippen LogP contribution in [0.4, 0.5) is 34.1 Å². The predicted molar refractivity (Wildman–Crippen MR) is 296 cm³/mol. The SMILES string of the molecule is [2H]c1c([2H])c2c3c(c1[2H])-n1c4c([2H])c([2H])c([2H])c([2H])c4c4c([2H])c([2H])c([2H])c(c41)N3c1c([2H])c(C(C)(C)C)c([2H])c3c1B2c1c([2H])c([2H])c(-n2c4c([2H])c([2H])c(C(C)(C)C)c([2H])c4c4c([2H])c(C(C)(C)C)c([2H])c([2H])c42)c([2H])c1N3c1c([2H])c([2H])c([2H])c2c([2H])c([2H])c([2H])c([2H])c12. The van der Waals surface area contributed by atoms with Gasteiger partial charge in [-0.1, -0.05) is 159 Å². The summed E-state index contributed by atoms with van der Waals surface area (Å²) in [5, 5.41) is -2.37. The number of para-hydroxylation sites is 3. The Morgan fingerprint density at radius 1 is 0.377 bits per heavy atom. The summed E-state index contributed by atoms with van der Waals surface area (Å²) in [7, 11) is 0. The van der Waals surface area contributed by atoms with Crippen LogP contribution in [0.5, 0.6) is 0 Å². The molecular weight excluding hydrogens is 836 g/mol. The number of benzene rings is 9. The lowest BCUT2D eigenvalue weighted by Crippen LogP contribution is -2.62. The Labute approximate surface area is 444 Å². The van der Waals surface area contributed by atoms with E-state index >= 15 is 0 Å². The van der Waals surface area contributed by atoms with Crippen LogP contribution >= 0.6 is 0 Å². The maximum atomic E-state index is 11.1. The van der Waals surface area contributed by atoms with Crippen LogP contribution in [0.15, 0.2) is 169 Å². The fourth-order valence-electron chi connectivity index (χ4n) is 10.0. The van der Waals surface area contributed by atoms with E-state index in [2.05, 4.69) is 0 Å². The van der Waals surface area contributed by atoms with Crippen molar-refractivity contribution >= 4 is 112 Å². The number of aromatic nitrogens is 2. The first-order valence-corrected chi connectivity index (χ1v) is 22.5.